The first kappa shape index (κ1) is 16.2. The van der Waals surface area contributed by atoms with Crippen molar-refractivity contribution in [2.75, 3.05) is 45.7 Å². The molecule has 0 radical (unpaired) electrons. The molecule has 2 saturated heterocycles. The summed E-state index contributed by atoms with van der Waals surface area (Å²) >= 11 is 0. The van der Waals surface area contributed by atoms with Crippen LogP contribution in [0.5, 0.6) is 0 Å². The molecular formula is C13H26N2O4S. The first-order chi connectivity index (χ1) is 9.62. The maximum Gasteiger partial charge on any atom is 0.216 e. The second kappa shape index (κ2) is 7.70. The van der Waals surface area contributed by atoms with Gasteiger partial charge in [-0.2, -0.15) is 4.31 Å². The van der Waals surface area contributed by atoms with Crippen molar-refractivity contribution in [2.24, 2.45) is 0 Å². The summed E-state index contributed by atoms with van der Waals surface area (Å²) in [4.78, 5) is 0. The molecule has 118 valence electrons. The summed E-state index contributed by atoms with van der Waals surface area (Å²) in [5, 5.41) is 3.35. The van der Waals surface area contributed by atoms with E-state index in [1.807, 2.05) is 0 Å². The highest BCUT2D eigenvalue weighted by Gasteiger charge is 2.30. The summed E-state index contributed by atoms with van der Waals surface area (Å²) < 4.78 is 37.2. The summed E-state index contributed by atoms with van der Waals surface area (Å²) in [5.74, 6) is 0.101. The monoisotopic (exact) mass is 306 g/mol. The van der Waals surface area contributed by atoms with Gasteiger partial charge in [-0.25, -0.2) is 8.42 Å². The van der Waals surface area contributed by atoms with Gasteiger partial charge in [0.1, 0.15) is 0 Å². The van der Waals surface area contributed by atoms with Crippen LogP contribution < -0.4 is 5.32 Å². The molecule has 0 aromatic rings. The van der Waals surface area contributed by atoms with Crippen molar-refractivity contribution in [3.8, 4) is 0 Å². The van der Waals surface area contributed by atoms with Crippen molar-refractivity contribution in [1.82, 2.24) is 9.62 Å². The molecule has 0 aromatic heterocycles. The largest absolute Gasteiger partial charge is 0.383 e. The molecule has 20 heavy (non-hydrogen) atoms. The fourth-order valence-corrected chi connectivity index (χ4v) is 4.51. The van der Waals surface area contributed by atoms with Gasteiger partial charge in [-0.15, -0.1) is 0 Å². The SMILES string of the molecule is COCCN(CC1CCCN1)S(=O)(=O)CC1CCCO1. The van der Waals surface area contributed by atoms with Gasteiger partial charge in [0.15, 0.2) is 0 Å². The molecule has 2 aliphatic rings. The Hall–Kier alpha value is -0.210. The minimum absolute atomic E-state index is 0.101. The van der Waals surface area contributed by atoms with Gasteiger partial charge in [-0.1, -0.05) is 0 Å². The molecule has 0 aromatic carbocycles. The van der Waals surface area contributed by atoms with E-state index in [1.165, 1.54) is 0 Å². The quantitative estimate of drug-likeness (QED) is 0.694. The molecule has 1 N–H and O–H groups in total. The Kier molecular flexibility index (Phi) is 6.22. The molecule has 0 spiro atoms. The van der Waals surface area contributed by atoms with E-state index < -0.39 is 10.0 Å². The average Bonchev–Trinajstić information content (AvgIpc) is 3.06. The molecule has 2 aliphatic heterocycles. The van der Waals surface area contributed by atoms with E-state index in [2.05, 4.69) is 5.32 Å². The van der Waals surface area contributed by atoms with Crippen LogP contribution in [0, 0.1) is 0 Å². The molecular weight excluding hydrogens is 280 g/mol. The molecule has 6 nitrogen and oxygen atoms in total. The Bertz CT molecular complexity index is 376. The fraction of sp³-hybridized carbons (Fsp3) is 1.00. The third kappa shape index (κ3) is 4.66. The molecule has 2 atom stereocenters. The zero-order valence-electron chi connectivity index (χ0n) is 12.2. The number of nitrogens with one attached hydrogen (secondary N) is 1. The van der Waals surface area contributed by atoms with Gasteiger partial charge in [0.2, 0.25) is 10.0 Å². The van der Waals surface area contributed by atoms with Crippen LogP contribution in [0.1, 0.15) is 25.7 Å². The van der Waals surface area contributed by atoms with E-state index in [0.29, 0.717) is 26.3 Å². The van der Waals surface area contributed by atoms with Gasteiger partial charge in [0.05, 0.1) is 18.5 Å². The summed E-state index contributed by atoms with van der Waals surface area (Å²) in [6.45, 7) is 3.05. The summed E-state index contributed by atoms with van der Waals surface area (Å²) in [5.41, 5.74) is 0. The van der Waals surface area contributed by atoms with Crippen molar-refractivity contribution in [1.29, 1.82) is 0 Å². The molecule has 7 heteroatoms. The van der Waals surface area contributed by atoms with Crippen LogP contribution in [0.3, 0.4) is 0 Å². The minimum atomic E-state index is -3.28. The normalized spacial score (nSPS) is 27.5. The lowest BCUT2D eigenvalue weighted by Gasteiger charge is -2.26. The van der Waals surface area contributed by atoms with Gasteiger partial charge >= 0.3 is 0 Å². The van der Waals surface area contributed by atoms with Crippen molar-refractivity contribution >= 4 is 10.0 Å². The predicted octanol–water partition coefficient (Wildman–Crippen LogP) is 0.196. The topological polar surface area (TPSA) is 67.9 Å². The van der Waals surface area contributed by atoms with Crippen LogP contribution in [0.25, 0.3) is 0 Å². The molecule has 2 unspecified atom stereocenters. The highest BCUT2D eigenvalue weighted by atomic mass is 32.2. The van der Waals surface area contributed by atoms with Gasteiger partial charge in [0.25, 0.3) is 0 Å². The number of sulfonamides is 1. The zero-order valence-corrected chi connectivity index (χ0v) is 13.0. The number of rotatable bonds is 8. The third-order valence-corrected chi connectivity index (χ3v) is 5.86. The molecule has 0 bridgehead atoms. The first-order valence-corrected chi connectivity index (χ1v) is 9.04. The summed E-state index contributed by atoms with van der Waals surface area (Å²) in [7, 11) is -1.68. The van der Waals surface area contributed by atoms with Crippen molar-refractivity contribution in [3.05, 3.63) is 0 Å². The maximum atomic E-state index is 12.5. The molecule has 0 saturated carbocycles. The summed E-state index contributed by atoms with van der Waals surface area (Å²) in [6, 6.07) is 0.270. The smallest absolute Gasteiger partial charge is 0.216 e. The molecule has 2 fully saturated rings. The Morgan fingerprint density at radius 2 is 2.20 bits per heavy atom. The number of nitrogens with zero attached hydrogens (tertiary/aromatic N) is 1. The molecule has 2 heterocycles. The van der Waals surface area contributed by atoms with Gasteiger partial charge in [-0.3, -0.25) is 0 Å². The second-order valence-electron chi connectivity index (χ2n) is 5.56. The Labute approximate surface area is 121 Å². The van der Waals surface area contributed by atoms with Gasteiger partial charge in [0, 0.05) is 32.8 Å². The van der Waals surface area contributed by atoms with E-state index in [0.717, 1.165) is 32.2 Å². The Morgan fingerprint density at radius 1 is 1.35 bits per heavy atom. The highest BCUT2D eigenvalue weighted by Crippen LogP contribution is 2.17. The van der Waals surface area contributed by atoms with Crippen LogP contribution in [0.2, 0.25) is 0 Å². The van der Waals surface area contributed by atoms with Crippen molar-refractivity contribution in [2.45, 2.75) is 37.8 Å². The lowest BCUT2D eigenvalue weighted by molar-refractivity contribution is 0.125. The highest BCUT2D eigenvalue weighted by molar-refractivity contribution is 7.89. The Balaban J connectivity index is 1.94. The van der Waals surface area contributed by atoms with E-state index in [1.54, 1.807) is 11.4 Å². The predicted molar refractivity (Wildman–Crippen MR) is 77.2 cm³/mol. The average molecular weight is 306 g/mol. The van der Waals surface area contributed by atoms with Gasteiger partial charge < -0.3 is 14.8 Å². The summed E-state index contributed by atoms with van der Waals surface area (Å²) in [6.07, 6.45) is 3.83. The van der Waals surface area contributed by atoms with E-state index >= 15 is 0 Å². The lowest BCUT2D eigenvalue weighted by Crippen LogP contribution is -2.45. The number of hydrogen-bond donors (Lipinski definition) is 1. The molecule has 0 aliphatic carbocycles. The fourth-order valence-electron chi connectivity index (χ4n) is 2.81. The zero-order chi connectivity index (χ0) is 14.4. The Morgan fingerprint density at radius 3 is 2.80 bits per heavy atom. The van der Waals surface area contributed by atoms with E-state index in [4.69, 9.17) is 9.47 Å². The number of methoxy groups -OCH3 is 1. The molecule has 2 rings (SSSR count). The van der Waals surface area contributed by atoms with Crippen LogP contribution >= 0.6 is 0 Å². The van der Waals surface area contributed by atoms with Crippen molar-refractivity contribution < 1.29 is 17.9 Å². The first-order valence-electron chi connectivity index (χ1n) is 7.43. The van der Waals surface area contributed by atoms with E-state index in [-0.39, 0.29) is 17.9 Å². The second-order valence-corrected chi connectivity index (χ2v) is 7.57. The van der Waals surface area contributed by atoms with E-state index in [9.17, 15) is 8.42 Å². The van der Waals surface area contributed by atoms with Crippen molar-refractivity contribution in [3.63, 3.8) is 0 Å². The minimum Gasteiger partial charge on any atom is -0.383 e. The standard InChI is InChI=1S/C13H26N2O4S/c1-18-9-7-15(10-12-4-2-6-14-12)20(16,17)11-13-5-3-8-19-13/h12-14H,2-11H2,1H3. The lowest BCUT2D eigenvalue weighted by atomic mass is 10.2. The van der Waals surface area contributed by atoms with Gasteiger partial charge in [-0.05, 0) is 32.2 Å². The van der Waals surface area contributed by atoms with Crippen LogP contribution in [0.4, 0.5) is 0 Å². The third-order valence-electron chi connectivity index (χ3n) is 3.95. The number of hydrogen-bond acceptors (Lipinski definition) is 5. The van der Waals surface area contributed by atoms with Crippen LogP contribution in [-0.4, -0.2) is 70.6 Å². The van der Waals surface area contributed by atoms with Crippen LogP contribution in [-0.2, 0) is 19.5 Å². The van der Waals surface area contributed by atoms with Crippen LogP contribution in [0.15, 0.2) is 0 Å². The maximum absolute atomic E-state index is 12.5. The molecule has 0 amide bonds. The number of ether oxygens (including phenoxy) is 2.